The van der Waals surface area contributed by atoms with Gasteiger partial charge in [-0.05, 0) is 38.0 Å². The Bertz CT molecular complexity index is 1120. The van der Waals surface area contributed by atoms with E-state index in [-0.39, 0.29) is 23.1 Å². The summed E-state index contributed by atoms with van der Waals surface area (Å²) in [7, 11) is 0. The van der Waals surface area contributed by atoms with Gasteiger partial charge in [-0.1, -0.05) is 18.2 Å². The predicted molar refractivity (Wildman–Crippen MR) is 107 cm³/mol. The number of nitrogens with zero attached hydrogens (tertiary/aromatic N) is 1. The van der Waals surface area contributed by atoms with E-state index in [1.165, 1.54) is 25.1 Å². The molecular weight excluding hydrogens is 374 g/mol. The van der Waals surface area contributed by atoms with Gasteiger partial charge in [0.25, 0.3) is 5.69 Å². The first-order chi connectivity index (χ1) is 13.9. The van der Waals surface area contributed by atoms with Crippen molar-refractivity contribution >= 4 is 34.0 Å². The monoisotopic (exact) mass is 393 g/mol. The molecule has 1 aromatic heterocycles. The molecule has 8 nitrogen and oxygen atoms in total. The number of aromatic nitrogens is 1. The summed E-state index contributed by atoms with van der Waals surface area (Å²) in [6.07, 6.45) is 2.48. The third kappa shape index (κ3) is 3.82. The number of esters is 1. The third-order valence-electron chi connectivity index (χ3n) is 4.87. The van der Waals surface area contributed by atoms with Crippen molar-refractivity contribution in [3.63, 3.8) is 0 Å². The molecule has 1 saturated carbocycles. The number of ether oxygens (including phenoxy) is 1. The van der Waals surface area contributed by atoms with Crippen LogP contribution in [0.25, 0.3) is 10.9 Å². The number of carbonyl (C=O) groups is 2. The second-order valence-electron chi connectivity index (χ2n) is 7.07. The fourth-order valence-electron chi connectivity index (χ4n) is 3.16. The zero-order valence-corrected chi connectivity index (χ0v) is 15.7. The van der Waals surface area contributed by atoms with Crippen LogP contribution in [0.1, 0.15) is 40.5 Å². The molecule has 1 aliphatic rings. The zero-order valence-electron chi connectivity index (χ0n) is 15.7. The number of hydrogen-bond donors (Lipinski definition) is 2. The van der Waals surface area contributed by atoms with Crippen molar-refractivity contribution in [2.75, 3.05) is 5.32 Å². The summed E-state index contributed by atoms with van der Waals surface area (Å²) >= 11 is 0. The van der Waals surface area contributed by atoms with E-state index >= 15 is 0 Å². The second-order valence-corrected chi connectivity index (χ2v) is 7.07. The minimum Gasteiger partial charge on any atom is -0.451 e. The van der Waals surface area contributed by atoms with E-state index in [9.17, 15) is 19.7 Å². The highest BCUT2D eigenvalue weighted by Gasteiger charge is 2.27. The lowest BCUT2D eigenvalue weighted by atomic mass is 10.1. The molecule has 1 heterocycles. The fourth-order valence-corrected chi connectivity index (χ4v) is 3.16. The van der Waals surface area contributed by atoms with Gasteiger partial charge < -0.3 is 15.0 Å². The molecule has 0 bridgehead atoms. The van der Waals surface area contributed by atoms with Gasteiger partial charge in [0.2, 0.25) is 5.78 Å². The number of hydrogen-bond acceptors (Lipinski definition) is 6. The number of para-hydroxylation sites is 1. The van der Waals surface area contributed by atoms with Crippen molar-refractivity contribution in [2.24, 2.45) is 0 Å². The van der Waals surface area contributed by atoms with Crippen LogP contribution in [-0.2, 0) is 4.74 Å². The quantitative estimate of drug-likeness (QED) is 0.271. The highest BCUT2D eigenvalue weighted by molar-refractivity contribution is 6.10. The maximum absolute atomic E-state index is 12.7. The van der Waals surface area contributed by atoms with Gasteiger partial charge in [0.1, 0.15) is 5.69 Å². The second kappa shape index (κ2) is 7.38. The van der Waals surface area contributed by atoms with Crippen molar-refractivity contribution in [3.8, 4) is 0 Å². The average molecular weight is 393 g/mol. The number of H-pyrrole nitrogens is 1. The lowest BCUT2D eigenvalue weighted by Crippen LogP contribution is -2.24. The van der Waals surface area contributed by atoms with Crippen LogP contribution in [-0.4, -0.2) is 33.8 Å². The Morgan fingerprint density at radius 1 is 1.24 bits per heavy atom. The van der Waals surface area contributed by atoms with Crippen molar-refractivity contribution in [1.82, 2.24) is 4.98 Å². The number of Topliss-reactive ketones (excluding diaryl/α,β-unsaturated/α-hetero) is 1. The van der Waals surface area contributed by atoms with Gasteiger partial charge in [-0.15, -0.1) is 0 Å². The maximum Gasteiger partial charge on any atom is 0.339 e. The topological polar surface area (TPSA) is 114 Å². The minimum atomic E-state index is -1.04. The van der Waals surface area contributed by atoms with Crippen LogP contribution in [0.15, 0.2) is 48.7 Å². The van der Waals surface area contributed by atoms with Gasteiger partial charge in [0, 0.05) is 34.8 Å². The van der Waals surface area contributed by atoms with Crippen LogP contribution in [0.4, 0.5) is 11.4 Å². The van der Waals surface area contributed by atoms with Gasteiger partial charge in [-0.3, -0.25) is 14.9 Å². The standard InChI is InChI=1S/C21H19N3O5/c1-12(20(25)16-11-22-17-5-3-2-4-15(16)17)29-21(26)13-6-9-18(23-14-7-8-14)19(10-13)24(27)28/h2-6,9-12,14,22-23H,7-8H2,1H3/t12-/m1/s1. The number of rotatable bonds is 7. The van der Waals surface area contributed by atoms with Crippen LogP contribution in [0.5, 0.6) is 0 Å². The Labute approximate surface area is 166 Å². The normalized spacial score (nSPS) is 14.4. The number of carbonyl (C=O) groups excluding carboxylic acids is 2. The summed E-state index contributed by atoms with van der Waals surface area (Å²) < 4.78 is 5.29. The summed E-state index contributed by atoms with van der Waals surface area (Å²) in [5, 5.41) is 15.2. The van der Waals surface area contributed by atoms with Gasteiger partial charge in [-0.25, -0.2) is 4.79 Å². The van der Waals surface area contributed by atoms with E-state index in [1.807, 2.05) is 24.3 Å². The molecule has 0 radical (unpaired) electrons. The van der Waals surface area contributed by atoms with Gasteiger partial charge in [0.15, 0.2) is 6.10 Å². The molecule has 1 atom stereocenters. The van der Waals surface area contributed by atoms with Crippen LogP contribution >= 0.6 is 0 Å². The molecule has 1 aliphatic carbocycles. The highest BCUT2D eigenvalue weighted by Crippen LogP contribution is 2.32. The van der Waals surface area contributed by atoms with Crippen molar-refractivity contribution in [3.05, 3.63) is 69.9 Å². The van der Waals surface area contributed by atoms with Gasteiger partial charge in [0.05, 0.1) is 10.5 Å². The van der Waals surface area contributed by atoms with Gasteiger partial charge >= 0.3 is 5.97 Å². The summed E-state index contributed by atoms with van der Waals surface area (Å²) in [5.74, 6) is -1.14. The van der Waals surface area contributed by atoms with Crippen LogP contribution in [0.3, 0.4) is 0 Å². The number of fused-ring (bicyclic) bond motifs is 1. The number of aromatic amines is 1. The molecule has 0 amide bonds. The first-order valence-electron chi connectivity index (χ1n) is 9.30. The lowest BCUT2D eigenvalue weighted by molar-refractivity contribution is -0.384. The molecule has 2 aromatic carbocycles. The molecule has 0 aliphatic heterocycles. The van der Waals surface area contributed by atoms with Crippen molar-refractivity contribution < 1.29 is 19.2 Å². The number of nitrogens with one attached hydrogen (secondary N) is 2. The third-order valence-corrected chi connectivity index (χ3v) is 4.87. The largest absolute Gasteiger partial charge is 0.451 e. The molecule has 3 aromatic rings. The Morgan fingerprint density at radius 3 is 2.72 bits per heavy atom. The Kier molecular flexibility index (Phi) is 4.75. The Morgan fingerprint density at radius 2 is 2.00 bits per heavy atom. The molecule has 4 rings (SSSR count). The van der Waals surface area contributed by atoms with E-state index in [0.717, 1.165) is 23.7 Å². The summed E-state index contributed by atoms with van der Waals surface area (Å²) in [4.78, 5) is 39.1. The number of anilines is 1. The molecule has 8 heteroatoms. The number of nitro groups is 1. The van der Waals surface area contributed by atoms with E-state index in [0.29, 0.717) is 11.3 Å². The number of nitro benzene ring substituents is 1. The van der Waals surface area contributed by atoms with Crippen LogP contribution < -0.4 is 5.32 Å². The molecule has 0 spiro atoms. The van der Waals surface area contributed by atoms with E-state index < -0.39 is 17.0 Å². The van der Waals surface area contributed by atoms with Gasteiger partial charge in [-0.2, -0.15) is 0 Å². The summed E-state index contributed by atoms with van der Waals surface area (Å²) in [5.41, 5.74) is 1.44. The number of ketones is 1. The molecule has 148 valence electrons. The van der Waals surface area contributed by atoms with Crippen LogP contribution in [0, 0.1) is 10.1 Å². The molecular formula is C21H19N3O5. The number of benzene rings is 2. The van der Waals surface area contributed by atoms with E-state index in [1.54, 1.807) is 6.20 Å². The molecule has 0 saturated heterocycles. The first-order valence-corrected chi connectivity index (χ1v) is 9.30. The Hall–Kier alpha value is -3.68. The minimum absolute atomic E-state index is 0.0247. The highest BCUT2D eigenvalue weighted by atomic mass is 16.6. The molecule has 29 heavy (non-hydrogen) atoms. The molecule has 1 fully saturated rings. The SMILES string of the molecule is C[C@@H](OC(=O)c1ccc(NC2CC2)c([N+](=O)[O-])c1)C(=O)c1c[nH]c2ccccc12. The lowest BCUT2D eigenvalue weighted by Gasteiger charge is -2.13. The van der Waals surface area contributed by atoms with Crippen LogP contribution in [0.2, 0.25) is 0 Å². The maximum atomic E-state index is 12.7. The van der Waals surface area contributed by atoms with E-state index in [2.05, 4.69) is 10.3 Å². The average Bonchev–Trinajstić information content (AvgIpc) is 3.42. The summed E-state index contributed by atoms with van der Waals surface area (Å²) in [6, 6.07) is 11.7. The van der Waals surface area contributed by atoms with Crippen molar-refractivity contribution in [2.45, 2.75) is 31.9 Å². The Balaban J connectivity index is 1.51. The van der Waals surface area contributed by atoms with Crippen molar-refractivity contribution in [1.29, 1.82) is 0 Å². The van der Waals surface area contributed by atoms with E-state index in [4.69, 9.17) is 4.74 Å². The molecule has 0 unspecified atom stereocenters. The fraction of sp³-hybridized carbons (Fsp3) is 0.238. The smallest absolute Gasteiger partial charge is 0.339 e. The first kappa shape index (κ1) is 18.7. The molecule has 2 N–H and O–H groups in total. The summed E-state index contributed by atoms with van der Waals surface area (Å²) in [6.45, 7) is 1.49. The zero-order chi connectivity index (χ0) is 20.5. The predicted octanol–water partition coefficient (Wildman–Crippen LogP) is 4.08.